The summed E-state index contributed by atoms with van der Waals surface area (Å²) in [6.45, 7) is 1.86. The van der Waals surface area contributed by atoms with Gasteiger partial charge in [-0.15, -0.1) is 10.2 Å². The van der Waals surface area contributed by atoms with E-state index in [1.165, 1.54) is 24.1 Å². The Morgan fingerprint density at radius 3 is 2.48 bits per heavy atom. The van der Waals surface area contributed by atoms with Crippen LogP contribution < -0.4 is 4.90 Å². The van der Waals surface area contributed by atoms with Gasteiger partial charge in [-0.05, 0) is 37.3 Å². The van der Waals surface area contributed by atoms with Crippen LogP contribution >= 0.6 is 0 Å². The highest BCUT2D eigenvalue weighted by atomic mass is 19.1. The summed E-state index contributed by atoms with van der Waals surface area (Å²) in [5, 5.41) is 8.06. The SMILES string of the molecule is Cc1ccc(-c2nnc(CN3C(=O)C4(CC(=O)N(C)C4=O)c4cc(F)ccc43)o2)cc1. The van der Waals surface area contributed by atoms with Gasteiger partial charge < -0.3 is 9.32 Å². The highest BCUT2D eigenvalue weighted by molar-refractivity contribution is 6.28. The minimum absolute atomic E-state index is 0.108. The quantitative estimate of drug-likeness (QED) is 0.477. The molecule has 3 aromatic rings. The molecule has 2 aromatic carbocycles. The van der Waals surface area contributed by atoms with E-state index in [1.807, 2.05) is 31.2 Å². The Kier molecular flexibility index (Phi) is 4.04. The lowest BCUT2D eigenvalue weighted by molar-refractivity contribution is -0.140. The number of aryl methyl sites for hydroxylation is 1. The summed E-state index contributed by atoms with van der Waals surface area (Å²) >= 11 is 0. The van der Waals surface area contributed by atoms with Crippen LogP contribution in [0.4, 0.5) is 10.1 Å². The van der Waals surface area contributed by atoms with Crippen molar-refractivity contribution >= 4 is 23.4 Å². The molecular formula is C22H17FN4O4. The predicted molar refractivity (Wildman–Crippen MR) is 106 cm³/mol. The van der Waals surface area contributed by atoms with E-state index in [4.69, 9.17) is 4.42 Å². The molecule has 3 amide bonds. The van der Waals surface area contributed by atoms with E-state index in [0.29, 0.717) is 11.6 Å². The van der Waals surface area contributed by atoms with Crippen LogP contribution in [-0.4, -0.2) is 39.9 Å². The summed E-state index contributed by atoms with van der Waals surface area (Å²) in [5.41, 5.74) is 0.579. The zero-order valence-electron chi connectivity index (χ0n) is 16.8. The number of benzene rings is 2. The van der Waals surface area contributed by atoms with Gasteiger partial charge in [0.2, 0.25) is 29.5 Å². The number of aromatic nitrogens is 2. The lowest BCUT2D eigenvalue weighted by Crippen LogP contribution is -2.45. The number of halogens is 1. The van der Waals surface area contributed by atoms with Crippen molar-refractivity contribution in [3.63, 3.8) is 0 Å². The second-order valence-corrected chi connectivity index (χ2v) is 7.76. The zero-order chi connectivity index (χ0) is 21.9. The molecule has 1 aromatic heterocycles. The topological polar surface area (TPSA) is 96.6 Å². The molecule has 0 N–H and O–H groups in total. The first-order chi connectivity index (χ1) is 14.8. The monoisotopic (exact) mass is 420 g/mol. The summed E-state index contributed by atoms with van der Waals surface area (Å²) in [5.74, 6) is -1.91. The molecule has 1 saturated heterocycles. The third-order valence-corrected chi connectivity index (χ3v) is 5.84. The van der Waals surface area contributed by atoms with Gasteiger partial charge in [-0.25, -0.2) is 4.39 Å². The van der Waals surface area contributed by atoms with Crippen molar-refractivity contribution in [3.05, 3.63) is 65.3 Å². The van der Waals surface area contributed by atoms with Crippen LogP contribution in [-0.2, 0) is 26.3 Å². The average Bonchev–Trinajstić information content (AvgIpc) is 3.37. The van der Waals surface area contributed by atoms with E-state index in [9.17, 15) is 18.8 Å². The lowest BCUT2D eigenvalue weighted by Gasteiger charge is -2.20. The van der Waals surface area contributed by atoms with Crippen LogP contribution in [0.3, 0.4) is 0 Å². The first-order valence-corrected chi connectivity index (χ1v) is 9.63. The minimum Gasteiger partial charge on any atom is -0.419 e. The molecule has 0 saturated carbocycles. The number of nitrogens with zero attached hydrogens (tertiary/aromatic N) is 4. The third kappa shape index (κ3) is 2.69. The van der Waals surface area contributed by atoms with E-state index in [1.54, 1.807) is 0 Å². The first kappa shape index (κ1) is 19.1. The fourth-order valence-corrected chi connectivity index (χ4v) is 4.16. The van der Waals surface area contributed by atoms with Crippen LogP contribution in [0.5, 0.6) is 0 Å². The van der Waals surface area contributed by atoms with Crippen molar-refractivity contribution in [2.45, 2.75) is 25.3 Å². The number of hydrogen-bond acceptors (Lipinski definition) is 6. The Labute approximate surface area is 176 Å². The van der Waals surface area contributed by atoms with Crippen molar-refractivity contribution in [1.82, 2.24) is 15.1 Å². The Hall–Kier alpha value is -3.88. The molecule has 31 heavy (non-hydrogen) atoms. The van der Waals surface area contributed by atoms with E-state index in [0.717, 1.165) is 22.1 Å². The van der Waals surface area contributed by atoms with Crippen LogP contribution in [0.2, 0.25) is 0 Å². The molecule has 1 unspecified atom stereocenters. The van der Waals surface area contributed by atoms with Gasteiger partial charge >= 0.3 is 0 Å². The number of anilines is 1. The maximum atomic E-state index is 14.0. The third-order valence-electron chi connectivity index (χ3n) is 5.84. The Morgan fingerprint density at radius 2 is 1.81 bits per heavy atom. The normalized spacial score (nSPS) is 20.3. The molecule has 1 atom stereocenters. The lowest BCUT2D eigenvalue weighted by atomic mass is 9.80. The molecule has 0 aliphatic carbocycles. The number of imide groups is 1. The molecule has 5 rings (SSSR count). The van der Waals surface area contributed by atoms with Crippen LogP contribution in [0.1, 0.15) is 23.4 Å². The van der Waals surface area contributed by atoms with E-state index < -0.39 is 29.0 Å². The van der Waals surface area contributed by atoms with Gasteiger partial charge in [-0.2, -0.15) is 0 Å². The maximum absolute atomic E-state index is 14.0. The Morgan fingerprint density at radius 1 is 1.06 bits per heavy atom. The number of likely N-dealkylation sites (tertiary alicyclic amines) is 1. The maximum Gasteiger partial charge on any atom is 0.249 e. The second-order valence-electron chi connectivity index (χ2n) is 7.76. The van der Waals surface area contributed by atoms with Gasteiger partial charge in [0.1, 0.15) is 12.4 Å². The van der Waals surface area contributed by atoms with Gasteiger partial charge in [0.05, 0.1) is 6.42 Å². The van der Waals surface area contributed by atoms with Crippen LogP contribution in [0.15, 0.2) is 46.9 Å². The van der Waals surface area contributed by atoms with Crippen molar-refractivity contribution in [1.29, 1.82) is 0 Å². The number of carbonyl (C=O) groups excluding carboxylic acids is 3. The summed E-state index contributed by atoms with van der Waals surface area (Å²) in [6.07, 6.45) is -0.341. The number of rotatable bonds is 3. The summed E-state index contributed by atoms with van der Waals surface area (Å²) in [4.78, 5) is 40.8. The Bertz CT molecular complexity index is 1250. The molecule has 9 heteroatoms. The van der Waals surface area contributed by atoms with Crippen molar-refractivity contribution in [3.8, 4) is 11.5 Å². The number of amides is 3. The average molecular weight is 420 g/mol. The first-order valence-electron chi connectivity index (χ1n) is 9.63. The highest BCUT2D eigenvalue weighted by Crippen LogP contribution is 2.48. The molecule has 1 fully saturated rings. The Balaban J connectivity index is 1.53. The van der Waals surface area contributed by atoms with E-state index in [2.05, 4.69) is 10.2 Å². The summed E-state index contributed by atoms with van der Waals surface area (Å²) in [7, 11) is 1.32. The largest absolute Gasteiger partial charge is 0.419 e. The second kappa shape index (κ2) is 6.56. The molecule has 0 bridgehead atoms. The molecule has 156 valence electrons. The molecule has 8 nitrogen and oxygen atoms in total. The van der Waals surface area contributed by atoms with Gasteiger partial charge in [0, 0.05) is 23.9 Å². The highest BCUT2D eigenvalue weighted by Gasteiger charge is 2.63. The molecular weight excluding hydrogens is 403 g/mol. The van der Waals surface area contributed by atoms with E-state index >= 15 is 0 Å². The van der Waals surface area contributed by atoms with Crippen LogP contribution in [0.25, 0.3) is 11.5 Å². The van der Waals surface area contributed by atoms with Crippen molar-refractivity contribution in [2.24, 2.45) is 0 Å². The van der Waals surface area contributed by atoms with Crippen molar-refractivity contribution < 1.29 is 23.2 Å². The zero-order valence-corrected chi connectivity index (χ0v) is 16.8. The van der Waals surface area contributed by atoms with Gasteiger partial charge in [0.25, 0.3) is 0 Å². The molecule has 3 heterocycles. The number of likely N-dealkylation sites (N-methyl/N-ethyl adjacent to an activating group) is 1. The van der Waals surface area contributed by atoms with Gasteiger partial charge in [-0.1, -0.05) is 17.7 Å². The van der Waals surface area contributed by atoms with Gasteiger partial charge in [0.15, 0.2) is 5.41 Å². The molecule has 2 aliphatic rings. The molecule has 0 radical (unpaired) electrons. The predicted octanol–water partition coefficient (Wildman–Crippen LogP) is 2.36. The molecule has 1 spiro atoms. The number of carbonyl (C=O) groups is 3. The van der Waals surface area contributed by atoms with E-state index in [-0.39, 0.29) is 24.4 Å². The fourth-order valence-electron chi connectivity index (χ4n) is 4.16. The standard InChI is InChI=1S/C22H17FN4O4/c1-12-3-5-13(6-4-12)19-25-24-17(31-19)11-27-16-8-7-14(23)9-15(16)22(21(27)30)10-18(28)26(2)20(22)29/h3-9H,10-11H2,1-2H3. The summed E-state index contributed by atoms with van der Waals surface area (Å²) < 4.78 is 19.8. The van der Waals surface area contributed by atoms with Crippen molar-refractivity contribution in [2.75, 3.05) is 11.9 Å². The molecule has 2 aliphatic heterocycles. The summed E-state index contributed by atoms with van der Waals surface area (Å²) in [6, 6.07) is 11.3. The number of hydrogen-bond donors (Lipinski definition) is 0. The minimum atomic E-state index is -1.76. The smallest absolute Gasteiger partial charge is 0.249 e. The number of fused-ring (bicyclic) bond motifs is 2. The van der Waals surface area contributed by atoms with Gasteiger partial charge in [-0.3, -0.25) is 19.3 Å². The van der Waals surface area contributed by atoms with Crippen LogP contribution in [0, 0.1) is 12.7 Å². The fraction of sp³-hybridized carbons (Fsp3) is 0.227.